The first-order valence-electron chi connectivity index (χ1n) is 7.51. The van der Waals surface area contributed by atoms with Crippen LogP contribution < -0.4 is 10.6 Å². The summed E-state index contributed by atoms with van der Waals surface area (Å²) in [7, 11) is 0. The van der Waals surface area contributed by atoms with Crippen molar-refractivity contribution in [3.05, 3.63) is 28.8 Å². The van der Waals surface area contributed by atoms with Gasteiger partial charge in [0.2, 0.25) is 0 Å². The van der Waals surface area contributed by atoms with Crippen LogP contribution in [0.4, 0.5) is 10.5 Å². The largest absolute Gasteiger partial charge is 0.338 e. The van der Waals surface area contributed by atoms with Crippen molar-refractivity contribution in [3.8, 4) is 0 Å². The summed E-state index contributed by atoms with van der Waals surface area (Å²) in [5.41, 5.74) is 1.65. The van der Waals surface area contributed by atoms with E-state index in [0.29, 0.717) is 23.5 Å². The van der Waals surface area contributed by atoms with Crippen LogP contribution >= 0.6 is 11.6 Å². The summed E-state index contributed by atoms with van der Waals surface area (Å²) in [5, 5.41) is 6.48. The molecule has 0 aromatic heterocycles. The number of amides is 2. The number of nitrogens with zero attached hydrogens (tertiary/aromatic N) is 1. The Balaban J connectivity index is 1.79. The quantitative estimate of drug-likeness (QED) is 0.894. The van der Waals surface area contributed by atoms with Gasteiger partial charge in [0.05, 0.1) is 0 Å². The van der Waals surface area contributed by atoms with E-state index >= 15 is 0 Å². The molecule has 116 valence electrons. The third-order valence-corrected chi connectivity index (χ3v) is 4.52. The van der Waals surface area contributed by atoms with E-state index in [1.165, 1.54) is 0 Å². The first-order valence-corrected chi connectivity index (χ1v) is 7.89. The maximum Gasteiger partial charge on any atom is 0.319 e. The van der Waals surface area contributed by atoms with Gasteiger partial charge >= 0.3 is 6.03 Å². The Bertz CT molecular complexity index is 504. The minimum Gasteiger partial charge on any atom is -0.338 e. The highest BCUT2D eigenvalue weighted by Crippen LogP contribution is 2.23. The molecular weight excluding hydrogens is 286 g/mol. The number of anilines is 1. The van der Waals surface area contributed by atoms with Crippen molar-refractivity contribution < 1.29 is 4.79 Å². The smallest absolute Gasteiger partial charge is 0.319 e. The Morgan fingerprint density at radius 2 is 2.24 bits per heavy atom. The van der Waals surface area contributed by atoms with Crippen molar-refractivity contribution in [1.82, 2.24) is 10.2 Å². The van der Waals surface area contributed by atoms with Crippen LogP contribution in [0.2, 0.25) is 5.02 Å². The van der Waals surface area contributed by atoms with Gasteiger partial charge in [-0.05, 0) is 57.4 Å². The summed E-state index contributed by atoms with van der Waals surface area (Å²) in [5.74, 6) is 0.540. The third-order valence-electron chi connectivity index (χ3n) is 4.11. The van der Waals surface area contributed by atoms with Gasteiger partial charge in [0.1, 0.15) is 0 Å². The van der Waals surface area contributed by atoms with Crippen molar-refractivity contribution in [2.45, 2.75) is 33.2 Å². The van der Waals surface area contributed by atoms with Crippen molar-refractivity contribution in [2.75, 3.05) is 25.0 Å². The molecule has 1 saturated heterocycles. The highest BCUT2D eigenvalue weighted by Gasteiger charge is 2.24. The summed E-state index contributed by atoms with van der Waals surface area (Å²) in [6.07, 6.45) is 1.15. The van der Waals surface area contributed by atoms with E-state index in [4.69, 9.17) is 11.6 Å². The number of benzene rings is 1. The number of hydrogen-bond donors (Lipinski definition) is 2. The van der Waals surface area contributed by atoms with Crippen molar-refractivity contribution in [1.29, 1.82) is 0 Å². The zero-order valence-corrected chi connectivity index (χ0v) is 13.7. The lowest BCUT2D eigenvalue weighted by Gasteiger charge is -2.20. The third kappa shape index (κ3) is 4.35. The standard InChI is InChI=1S/C16H24ClN3O/c1-11(2)20-8-7-13(10-20)9-18-16(21)19-15-6-4-5-14(17)12(15)3/h4-6,11,13H,7-10H2,1-3H3,(H2,18,19,21)/t13-/m0/s1. The van der Waals surface area contributed by atoms with Crippen LogP contribution in [-0.4, -0.2) is 36.6 Å². The number of nitrogens with one attached hydrogen (secondary N) is 2. The number of rotatable bonds is 4. The normalized spacial score (nSPS) is 19.0. The second kappa shape index (κ2) is 7.14. The van der Waals surface area contributed by atoms with Gasteiger partial charge in [-0.1, -0.05) is 17.7 Å². The number of carbonyl (C=O) groups excluding carboxylic acids is 1. The molecule has 0 spiro atoms. The molecule has 1 atom stereocenters. The van der Waals surface area contributed by atoms with Crippen LogP contribution in [0.3, 0.4) is 0 Å². The van der Waals surface area contributed by atoms with Gasteiger partial charge < -0.3 is 15.5 Å². The molecule has 0 saturated carbocycles. The molecule has 1 aliphatic rings. The van der Waals surface area contributed by atoms with Gasteiger partial charge in [-0.2, -0.15) is 0 Å². The van der Waals surface area contributed by atoms with E-state index in [0.717, 1.165) is 30.8 Å². The van der Waals surface area contributed by atoms with Crippen LogP contribution in [0.5, 0.6) is 0 Å². The molecule has 0 radical (unpaired) electrons. The lowest BCUT2D eigenvalue weighted by atomic mass is 10.1. The lowest BCUT2D eigenvalue weighted by molar-refractivity contribution is 0.247. The fraction of sp³-hybridized carbons (Fsp3) is 0.562. The average Bonchev–Trinajstić information content (AvgIpc) is 2.91. The topological polar surface area (TPSA) is 44.4 Å². The van der Waals surface area contributed by atoms with E-state index in [1.807, 2.05) is 25.1 Å². The van der Waals surface area contributed by atoms with E-state index in [1.54, 1.807) is 0 Å². The molecule has 0 unspecified atom stereocenters. The van der Waals surface area contributed by atoms with Crippen LogP contribution in [0.15, 0.2) is 18.2 Å². The Hall–Kier alpha value is -1.26. The Kier molecular flexibility index (Phi) is 5.48. The molecule has 4 nitrogen and oxygen atoms in total. The van der Waals surface area contributed by atoms with E-state index in [-0.39, 0.29) is 6.03 Å². The summed E-state index contributed by atoms with van der Waals surface area (Å²) in [6, 6.07) is 5.93. The van der Waals surface area contributed by atoms with Crippen LogP contribution in [0, 0.1) is 12.8 Å². The van der Waals surface area contributed by atoms with Gasteiger partial charge in [0.25, 0.3) is 0 Å². The highest BCUT2D eigenvalue weighted by molar-refractivity contribution is 6.31. The lowest BCUT2D eigenvalue weighted by Crippen LogP contribution is -2.35. The van der Waals surface area contributed by atoms with Crippen molar-refractivity contribution >= 4 is 23.3 Å². The zero-order valence-electron chi connectivity index (χ0n) is 12.9. The van der Waals surface area contributed by atoms with E-state index in [9.17, 15) is 4.79 Å². The molecule has 1 heterocycles. The molecule has 2 amide bonds. The van der Waals surface area contributed by atoms with Crippen molar-refractivity contribution in [2.24, 2.45) is 5.92 Å². The monoisotopic (exact) mass is 309 g/mol. The average molecular weight is 310 g/mol. The fourth-order valence-electron chi connectivity index (χ4n) is 2.64. The molecular formula is C16H24ClN3O. The highest BCUT2D eigenvalue weighted by atomic mass is 35.5. The summed E-state index contributed by atoms with van der Waals surface area (Å²) in [4.78, 5) is 14.4. The molecule has 5 heteroatoms. The molecule has 1 aromatic carbocycles. The first-order chi connectivity index (χ1) is 9.97. The minimum absolute atomic E-state index is 0.164. The van der Waals surface area contributed by atoms with Gasteiger partial charge in [0, 0.05) is 29.8 Å². The zero-order chi connectivity index (χ0) is 15.4. The predicted molar refractivity (Wildman–Crippen MR) is 88.0 cm³/mol. The maximum atomic E-state index is 12.0. The minimum atomic E-state index is -0.164. The first kappa shape index (κ1) is 16.1. The molecule has 0 aliphatic carbocycles. The molecule has 1 aromatic rings. The number of hydrogen-bond acceptors (Lipinski definition) is 2. The van der Waals surface area contributed by atoms with Gasteiger partial charge in [-0.15, -0.1) is 0 Å². The second-order valence-corrected chi connectivity index (χ2v) is 6.40. The summed E-state index contributed by atoms with van der Waals surface area (Å²) < 4.78 is 0. The number of halogens is 1. The summed E-state index contributed by atoms with van der Waals surface area (Å²) in [6.45, 7) is 9.23. The molecule has 0 bridgehead atoms. The summed E-state index contributed by atoms with van der Waals surface area (Å²) >= 11 is 6.05. The van der Waals surface area contributed by atoms with E-state index < -0.39 is 0 Å². The molecule has 1 aliphatic heterocycles. The number of urea groups is 1. The molecule has 2 rings (SSSR count). The van der Waals surface area contributed by atoms with Gasteiger partial charge in [-0.25, -0.2) is 4.79 Å². The second-order valence-electron chi connectivity index (χ2n) is 5.99. The van der Waals surface area contributed by atoms with Gasteiger partial charge in [0.15, 0.2) is 0 Å². The molecule has 21 heavy (non-hydrogen) atoms. The van der Waals surface area contributed by atoms with E-state index in [2.05, 4.69) is 29.4 Å². The Morgan fingerprint density at radius 3 is 2.90 bits per heavy atom. The van der Waals surface area contributed by atoms with Crippen LogP contribution in [0.1, 0.15) is 25.8 Å². The predicted octanol–water partition coefficient (Wildman–Crippen LogP) is 3.50. The van der Waals surface area contributed by atoms with Gasteiger partial charge in [-0.3, -0.25) is 0 Å². The fourth-order valence-corrected chi connectivity index (χ4v) is 2.82. The SMILES string of the molecule is Cc1c(Cl)cccc1NC(=O)NC[C@@H]1CCN(C(C)C)C1. The van der Waals surface area contributed by atoms with Crippen LogP contribution in [-0.2, 0) is 0 Å². The number of carbonyl (C=O) groups is 1. The van der Waals surface area contributed by atoms with Crippen LogP contribution in [0.25, 0.3) is 0 Å². The molecule has 1 fully saturated rings. The van der Waals surface area contributed by atoms with Crippen molar-refractivity contribution in [3.63, 3.8) is 0 Å². The Labute approximate surface area is 131 Å². The Morgan fingerprint density at radius 1 is 1.48 bits per heavy atom. The number of likely N-dealkylation sites (tertiary alicyclic amines) is 1. The maximum absolute atomic E-state index is 12.0. The molecule has 2 N–H and O–H groups in total.